The summed E-state index contributed by atoms with van der Waals surface area (Å²) in [6.45, 7) is 3.33. The highest BCUT2D eigenvalue weighted by Gasteiger charge is 2.31. The smallest absolute Gasteiger partial charge is 0.158 e. The first-order valence-corrected chi connectivity index (χ1v) is 7.27. The van der Waals surface area contributed by atoms with Crippen LogP contribution in [0.15, 0.2) is 35.4 Å². The molecule has 0 aromatic heterocycles. The van der Waals surface area contributed by atoms with E-state index in [1.165, 1.54) is 0 Å². The molecule has 114 valence electrons. The van der Waals surface area contributed by atoms with E-state index in [0.29, 0.717) is 13.2 Å². The zero-order valence-corrected chi connectivity index (χ0v) is 12.2. The third-order valence-corrected chi connectivity index (χ3v) is 3.41. The SMILES string of the molecule is CCO[C@@H]1CC[C@@H](OCc2ccccc2)[C@@H](CN=[N+]=[N-])O1. The average Bonchev–Trinajstić information content (AvgIpc) is 2.53. The highest BCUT2D eigenvalue weighted by Crippen LogP contribution is 2.24. The Morgan fingerprint density at radius 2 is 2.10 bits per heavy atom. The molecule has 0 radical (unpaired) electrons. The predicted molar refractivity (Wildman–Crippen MR) is 78.6 cm³/mol. The minimum atomic E-state index is -0.255. The monoisotopic (exact) mass is 291 g/mol. The molecule has 0 spiro atoms. The molecule has 3 atom stereocenters. The number of benzene rings is 1. The summed E-state index contributed by atoms with van der Waals surface area (Å²) in [4.78, 5) is 2.80. The van der Waals surface area contributed by atoms with Crippen LogP contribution in [0.5, 0.6) is 0 Å². The molecule has 0 N–H and O–H groups in total. The van der Waals surface area contributed by atoms with E-state index in [1.807, 2.05) is 37.3 Å². The van der Waals surface area contributed by atoms with Crippen molar-refractivity contribution in [3.63, 3.8) is 0 Å². The second-order valence-electron chi connectivity index (χ2n) is 4.89. The summed E-state index contributed by atoms with van der Waals surface area (Å²) in [5, 5.41) is 3.62. The van der Waals surface area contributed by atoms with Crippen LogP contribution < -0.4 is 0 Å². The summed E-state index contributed by atoms with van der Waals surface area (Å²) in [5.41, 5.74) is 9.61. The maximum absolute atomic E-state index is 8.49. The van der Waals surface area contributed by atoms with Crippen molar-refractivity contribution < 1.29 is 14.2 Å². The number of hydrogen-bond donors (Lipinski definition) is 0. The van der Waals surface area contributed by atoms with Gasteiger partial charge < -0.3 is 14.2 Å². The fourth-order valence-electron chi connectivity index (χ4n) is 2.39. The summed E-state index contributed by atoms with van der Waals surface area (Å²) in [7, 11) is 0. The third-order valence-electron chi connectivity index (χ3n) is 3.41. The van der Waals surface area contributed by atoms with Crippen molar-refractivity contribution in [2.45, 2.75) is 44.9 Å². The van der Waals surface area contributed by atoms with Crippen molar-refractivity contribution in [2.24, 2.45) is 5.11 Å². The molecule has 6 heteroatoms. The van der Waals surface area contributed by atoms with Crippen LogP contribution in [0.25, 0.3) is 10.4 Å². The Labute approximate surface area is 124 Å². The first-order chi connectivity index (χ1) is 10.3. The minimum Gasteiger partial charge on any atom is -0.371 e. The summed E-state index contributed by atoms with van der Waals surface area (Å²) >= 11 is 0. The van der Waals surface area contributed by atoms with Gasteiger partial charge in [0.2, 0.25) is 0 Å². The first kappa shape index (κ1) is 15.8. The predicted octanol–water partition coefficient (Wildman–Crippen LogP) is 3.42. The molecule has 1 heterocycles. The Bertz CT molecular complexity index is 462. The Kier molecular flexibility index (Phi) is 6.50. The normalized spacial score (nSPS) is 25.3. The molecule has 21 heavy (non-hydrogen) atoms. The molecular weight excluding hydrogens is 270 g/mol. The van der Waals surface area contributed by atoms with Gasteiger partial charge in [0.15, 0.2) is 6.29 Å². The summed E-state index contributed by atoms with van der Waals surface area (Å²) in [5.74, 6) is 0. The summed E-state index contributed by atoms with van der Waals surface area (Å²) < 4.78 is 17.3. The third kappa shape index (κ3) is 5.02. The maximum atomic E-state index is 8.49. The number of hydrogen-bond acceptors (Lipinski definition) is 4. The van der Waals surface area contributed by atoms with Gasteiger partial charge in [-0.3, -0.25) is 0 Å². The van der Waals surface area contributed by atoms with E-state index in [0.717, 1.165) is 18.4 Å². The van der Waals surface area contributed by atoms with E-state index in [1.54, 1.807) is 0 Å². The molecule has 6 nitrogen and oxygen atoms in total. The van der Waals surface area contributed by atoms with Gasteiger partial charge >= 0.3 is 0 Å². The van der Waals surface area contributed by atoms with Gasteiger partial charge in [0.1, 0.15) is 0 Å². The zero-order valence-electron chi connectivity index (χ0n) is 12.2. The van der Waals surface area contributed by atoms with Crippen molar-refractivity contribution in [1.29, 1.82) is 0 Å². The van der Waals surface area contributed by atoms with Crippen molar-refractivity contribution in [3.05, 3.63) is 46.3 Å². The molecular formula is C15H21N3O3. The lowest BCUT2D eigenvalue weighted by molar-refractivity contribution is -0.227. The molecule has 0 saturated carbocycles. The molecule has 1 fully saturated rings. The highest BCUT2D eigenvalue weighted by molar-refractivity contribution is 5.13. The molecule has 0 unspecified atom stereocenters. The Balaban J connectivity index is 1.91. The molecule has 1 aromatic carbocycles. The van der Waals surface area contributed by atoms with Gasteiger partial charge in [-0.2, -0.15) is 0 Å². The van der Waals surface area contributed by atoms with E-state index in [4.69, 9.17) is 19.7 Å². The Morgan fingerprint density at radius 3 is 2.81 bits per heavy atom. The van der Waals surface area contributed by atoms with Gasteiger partial charge in [-0.15, -0.1) is 0 Å². The number of nitrogens with zero attached hydrogens (tertiary/aromatic N) is 3. The van der Waals surface area contributed by atoms with Gasteiger partial charge in [-0.25, -0.2) is 0 Å². The fourth-order valence-corrected chi connectivity index (χ4v) is 2.39. The second-order valence-corrected chi connectivity index (χ2v) is 4.89. The number of azide groups is 1. The molecule has 1 aliphatic rings. The van der Waals surface area contributed by atoms with E-state index in [-0.39, 0.29) is 25.0 Å². The number of ether oxygens (including phenoxy) is 3. The van der Waals surface area contributed by atoms with Crippen LogP contribution in [0.4, 0.5) is 0 Å². The zero-order chi connectivity index (χ0) is 14.9. The molecule has 1 aliphatic heterocycles. The Hall–Kier alpha value is -1.59. The van der Waals surface area contributed by atoms with Gasteiger partial charge in [0, 0.05) is 17.9 Å². The molecule has 1 saturated heterocycles. The molecule has 0 amide bonds. The van der Waals surface area contributed by atoms with Crippen LogP contribution in [0.3, 0.4) is 0 Å². The van der Waals surface area contributed by atoms with E-state index in [2.05, 4.69) is 10.0 Å². The molecule has 0 aliphatic carbocycles. The largest absolute Gasteiger partial charge is 0.371 e. The number of rotatable bonds is 7. The topological polar surface area (TPSA) is 76.5 Å². The average molecular weight is 291 g/mol. The fraction of sp³-hybridized carbons (Fsp3) is 0.600. The van der Waals surface area contributed by atoms with Gasteiger partial charge in [-0.05, 0) is 24.4 Å². The highest BCUT2D eigenvalue weighted by atomic mass is 16.7. The second kappa shape index (κ2) is 8.64. The van der Waals surface area contributed by atoms with Crippen LogP contribution in [-0.2, 0) is 20.8 Å². The lowest BCUT2D eigenvalue weighted by Gasteiger charge is -2.35. The van der Waals surface area contributed by atoms with E-state index in [9.17, 15) is 0 Å². The molecule has 2 rings (SSSR count). The molecule has 1 aromatic rings. The Morgan fingerprint density at radius 1 is 1.29 bits per heavy atom. The lowest BCUT2D eigenvalue weighted by atomic mass is 10.0. The van der Waals surface area contributed by atoms with Crippen molar-refractivity contribution in [1.82, 2.24) is 0 Å². The molecule has 0 bridgehead atoms. The summed E-state index contributed by atoms with van der Waals surface area (Å²) in [6, 6.07) is 9.99. The van der Waals surface area contributed by atoms with Crippen LogP contribution in [0.2, 0.25) is 0 Å². The van der Waals surface area contributed by atoms with Crippen LogP contribution in [0, 0.1) is 0 Å². The van der Waals surface area contributed by atoms with Crippen LogP contribution in [-0.4, -0.2) is 31.6 Å². The minimum absolute atomic E-state index is 0.0765. The van der Waals surface area contributed by atoms with Gasteiger partial charge in [-0.1, -0.05) is 35.4 Å². The van der Waals surface area contributed by atoms with E-state index < -0.39 is 0 Å². The maximum Gasteiger partial charge on any atom is 0.158 e. The lowest BCUT2D eigenvalue weighted by Crippen LogP contribution is -2.43. The van der Waals surface area contributed by atoms with Crippen molar-refractivity contribution >= 4 is 0 Å². The summed E-state index contributed by atoms with van der Waals surface area (Å²) in [6.07, 6.45) is 1.07. The van der Waals surface area contributed by atoms with E-state index >= 15 is 0 Å². The quantitative estimate of drug-likeness (QED) is 0.438. The van der Waals surface area contributed by atoms with Gasteiger partial charge in [0.25, 0.3) is 0 Å². The van der Waals surface area contributed by atoms with Crippen molar-refractivity contribution in [2.75, 3.05) is 13.2 Å². The first-order valence-electron chi connectivity index (χ1n) is 7.27. The van der Waals surface area contributed by atoms with Gasteiger partial charge in [0.05, 0.1) is 25.4 Å². The van der Waals surface area contributed by atoms with Crippen LogP contribution >= 0.6 is 0 Å². The van der Waals surface area contributed by atoms with Crippen LogP contribution in [0.1, 0.15) is 25.3 Å². The standard InChI is InChI=1S/C15H21N3O3/c1-2-19-15-9-8-13(14(21-15)10-17-18-16)20-11-12-6-4-3-5-7-12/h3-7,13-15H,2,8-11H2,1H3/t13-,14-,15+/m1/s1. The van der Waals surface area contributed by atoms with Crippen molar-refractivity contribution in [3.8, 4) is 0 Å².